The third-order valence-corrected chi connectivity index (χ3v) is 5.03. The minimum absolute atomic E-state index is 0.0207. The summed E-state index contributed by atoms with van der Waals surface area (Å²) in [6, 6.07) is 11.7. The highest BCUT2D eigenvalue weighted by atomic mass is 16.6. The summed E-state index contributed by atoms with van der Waals surface area (Å²) in [6.45, 7) is 5.42. The molecule has 154 valence electrons. The molecule has 29 heavy (non-hydrogen) atoms. The molecule has 0 aliphatic carbocycles. The number of nitrogens with zero attached hydrogens (tertiary/aromatic N) is 2. The van der Waals surface area contributed by atoms with Crippen LogP contribution in [-0.2, 0) is 11.2 Å². The number of amides is 2. The van der Waals surface area contributed by atoms with E-state index >= 15 is 0 Å². The SMILES string of the molecule is CCOC(=O)N1CCC(NC(=O)c2cc(Nc3ccccc3CC)ccn2)CC1. The molecule has 7 heteroatoms. The van der Waals surface area contributed by atoms with E-state index in [1.165, 1.54) is 5.56 Å². The van der Waals surface area contributed by atoms with Crippen LogP contribution in [0.1, 0.15) is 42.7 Å². The topological polar surface area (TPSA) is 83.6 Å². The van der Waals surface area contributed by atoms with Gasteiger partial charge in [0.15, 0.2) is 0 Å². The third-order valence-electron chi connectivity index (χ3n) is 5.03. The number of anilines is 2. The summed E-state index contributed by atoms with van der Waals surface area (Å²) in [5.41, 5.74) is 3.43. The van der Waals surface area contributed by atoms with Gasteiger partial charge in [0.2, 0.25) is 0 Å². The molecule has 0 unspecified atom stereocenters. The zero-order chi connectivity index (χ0) is 20.6. The number of aromatic nitrogens is 1. The summed E-state index contributed by atoms with van der Waals surface area (Å²) in [5.74, 6) is -0.202. The van der Waals surface area contributed by atoms with Gasteiger partial charge >= 0.3 is 6.09 Å². The van der Waals surface area contributed by atoms with Gasteiger partial charge in [0.25, 0.3) is 5.91 Å². The van der Waals surface area contributed by atoms with Gasteiger partial charge in [0.05, 0.1) is 6.61 Å². The molecule has 1 aromatic heterocycles. The van der Waals surface area contributed by atoms with Crippen molar-refractivity contribution in [1.29, 1.82) is 0 Å². The lowest BCUT2D eigenvalue weighted by atomic mass is 10.1. The summed E-state index contributed by atoms with van der Waals surface area (Å²) >= 11 is 0. The molecule has 2 amide bonds. The Balaban J connectivity index is 1.58. The van der Waals surface area contributed by atoms with Gasteiger partial charge in [-0.05, 0) is 49.9 Å². The van der Waals surface area contributed by atoms with Crippen molar-refractivity contribution in [3.05, 3.63) is 53.9 Å². The number of hydrogen-bond donors (Lipinski definition) is 2. The first-order chi connectivity index (χ1) is 14.1. The number of piperidine rings is 1. The standard InChI is InChI=1S/C22H28N4O3/c1-3-16-7-5-6-8-19(16)24-18-9-12-23-20(15-18)21(27)25-17-10-13-26(14-11-17)22(28)29-4-2/h5-9,12,15,17H,3-4,10-11,13-14H2,1-2H3,(H,23,24)(H,25,27). The minimum atomic E-state index is -0.287. The van der Waals surface area contributed by atoms with Crippen LogP contribution in [0.3, 0.4) is 0 Å². The number of aryl methyl sites for hydroxylation is 1. The second-order valence-electron chi connectivity index (χ2n) is 7.00. The predicted molar refractivity (Wildman–Crippen MR) is 112 cm³/mol. The summed E-state index contributed by atoms with van der Waals surface area (Å²) in [7, 11) is 0. The number of para-hydroxylation sites is 1. The van der Waals surface area contributed by atoms with Gasteiger partial charge in [0.1, 0.15) is 5.69 Å². The van der Waals surface area contributed by atoms with Gasteiger partial charge in [0, 0.05) is 36.7 Å². The highest BCUT2D eigenvalue weighted by molar-refractivity contribution is 5.93. The minimum Gasteiger partial charge on any atom is -0.450 e. The summed E-state index contributed by atoms with van der Waals surface area (Å²) in [4.78, 5) is 30.3. The number of carbonyl (C=O) groups is 2. The second-order valence-corrected chi connectivity index (χ2v) is 7.00. The van der Waals surface area contributed by atoms with E-state index in [4.69, 9.17) is 4.74 Å². The summed E-state index contributed by atoms with van der Waals surface area (Å²) in [6.07, 6.45) is 3.67. The molecule has 1 aromatic carbocycles. The molecule has 0 spiro atoms. The van der Waals surface area contributed by atoms with Crippen molar-refractivity contribution in [2.45, 2.75) is 39.2 Å². The quantitative estimate of drug-likeness (QED) is 0.777. The van der Waals surface area contributed by atoms with Crippen molar-refractivity contribution in [3.63, 3.8) is 0 Å². The van der Waals surface area contributed by atoms with Crippen LogP contribution >= 0.6 is 0 Å². The normalized spacial score (nSPS) is 14.3. The average molecular weight is 396 g/mol. The maximum atomic E-state index is 12.7. The fourth-order valence-electron chi connectivity index (χ4n) is 3.42. The molecular formula is C22H28N4O3. The van der Waals surface area contributed by atoms with Crippen molar-refractivity contribution in [3.8, 4) is 0 Å². The first-order valence-corrected chi connectivity index (χ1v) is 10.1. The van der Waals surface area contributed by atoms with E-state index in [2.05, 4.69) is 28.6 Å². The lowest BCUT2D eigenvalue weighted by Crippen LogP contribution is -2.46. The molecule has 0 atom stereocenters. The van der Waals surface area contributed by atoms with Gasteiger partial charge in [-0.3, -0.25) is 9.78 Å². The molecule has 2 N–H and O–H groups in total. The van der Waals surface area contributed by atoms with Crippen LogP contribution in [0, 0.1) is 0 Å². The number of hydrogen-bond acceptors (Lipinski definition) is 5. The Kier molecular flexibility index (Phi) is 7.05. The maximum Gasteiger partial charge on any atom is 0.409 e. The van der Waals surface area contributed by atoms with Gasteiger partial charge in [-0.1, -0.05) is 25.1 Å². The molecule has 1 fully saturated rings. The molecule has 2 heterocycles. The number of ether oxygens (including phenoxy) is 1. The molecule has 0 radical (unpaired) electrons. The Bertz CT molecular complexity index is 847. The van der Waals surface area contributed by atoms with Crippen LogP contribution in [-0.4, -0.2) is 47.6 Å². The van der Waals surface area contributed by atoms with Crippen LogP contribution in [0.25, 0.3) is 0 Å². The average Bonchev–Trinajstić information content (AvgIpc) is 2.75. The number of benzene rings is 1. The number of rotatable bonds is 6. The van der Waals surface area contributed by atoms with Gasteiger partial charge in [-0.2, -0.15) is 0 Å². The Morgan fingerprint density at radius 1 is 1.17 bits per heavy atom. The van der Waals surface area contributed by atoms with Crippen LogP contribution in [0.2, 0.25) is 0 Å². The lowest BCUT2D eigenvalue weighted by molar-refractivity contribution is 0.0856. The Morgan fingerprint density at radius 3 is 2.66 bits per heavy atom. The molecule has 0 saturated carbocycles. The number of carbonyl (C=O) groups excluding carboxylic acids is 2. The zero-order valence-electron chi connectivity index (χ0n) is 17.0. The Hall–Kier alpha value is -3.09. The van der Waals surface area contributed by atoms with Crippen molar-refractivity contribution >= 4 is 23.4 Å². The van der Waals surface area contributed by atoms with E-state index in [0.29, 0.717) is 38.2 Å². The van der Waals surface area contributed by atoms with Crippen LogP contribution in [0.5, 0.6) is 0 Å². The van der Waals surface area contributed by atoms with Gasteiger partial charge < -0.3 is 20.3 Å². The fraction of sp³-hybridized carbons (Fsp3) is 0.409. The van der Waals surface area contributed by atoms with Crippen LogP contribution in [0.15, 0.2) is 42.6 Å². The summed E-state index contributed by atoms with van der Waals surface area (Å²) < 4.78 is 5.03. The first kappa shape index (κ1) is 20.6. The molecule has 7 nitrogen and oxygen atoms in total. The predicted octanol–water partition coefficient (Wildman–Crippen LogP) is 3.74. The molecule has 3 rings (SSSR count). The molecule has 1 saturated heterocycles. The number of nitrogens with one attached hydrogen (secondary N) is 2. The zero-order valence-corrected chi connectivity index (χ0v) is 17.0. The fourth-order valence-corrected chi connectivity index (χ4v) is 3.42. The highest BCUT2D eigenvalue weighted by Gasteiger charge is 2.25. The molecule has 1 aliphatic heterocycles. The van der Waals surface area contributed by atoms with Gasteiger partial charge in [-0.25, -0.2) is 4.79 Å². The molecule has 0 bridgehead atoms. The van der Waals surface area contributed by atoms with Crippen molar-refractivity contribution in [2.75, 3.05) is 25.0 Å². The molecule has 2 aromatic rings. The second kappa shape index (κ2) is 9.91. The first-order valence-electron chi connectivity index (χ1n) is 10.1. The molecule has 1 aliphatic rings. The smallest absolute Gasteiger partial charge is 0.409 e. The number of likely N-dealkylation sites (tertiary alicyclic amines) is 1. The maximum absolute atomic E-state index is 12.7. The van der Waals surface area contributed by atoms with Crippen molar-refractivity contribution in [2.24, 2.45) is 0 Å². The summed E-state index contributed by atoms with van der Waals surface area (Å²) in [5, 5.41) is 6.41. The lowest BCUT2D eigenvalue weighted by Gasteiger charge is -2.31. The van der Waals surface area contributed by atoms with E-state index in [1.807, 2.05) is 24.3 Å². The third kappa shape index (κ3) is 5.47. The number of pyridine rings is 1. The van der Waals surface area contributed by atoms with E-state index in [-0.39, 0.29) is 18.0 Å². The Morgan fingerprint density at radius 2 is 1.93 bits per heavy atom. The van der Waals surface area contributed by atoms with E-state index < -0.39 is 0 Å². The van der Waals surface area contributed by atoms with Crippen molar-refractivity contribution < 1.29 is 14.3 Å². The van der Waals surface area contributed by atoms with E-state index in [0.717, 1.165) is 17.8 Å². The Labute approximate surface area is 171 Å². The van der Waals surface area contributed by atoms with Crippen molar-refractivity contribution in [1.82, 2.24) is 15.2 Å². The monoisotopic (exact) mass is 396 g/mol. The van der Waals surface area contributed by atoms with E-state index in [9.17, 15) is 9.59 Å². The largest absolute Gasteiger partial charge is 0.450 e. The van der Waals surface area contributed by atoms with Crippen LogP contribution < -0.4 is 10.6 Å². The van der Waals surface area contributed by atoms with E-state index in [1.54, 1.807) is 24.1 Å². The van der Waals surface area contributed by atoms with Gasteiger partial charge in [-0.15, -0.1) is 0 Å². The molecular weight excluding hydrogens is 368 g/mol. The highest BCUT2D eigenvalue weighted by Crippen LogP contribution is 2.21. The van der Waals surface area contributed by atoms with Crippen LogP contribution in [0.4, 0.5) is 16.2 Å².